The van der Waals surface area contributed by atoms with Crippen molar-refractivity contribution in [2.24, 2.45) is 5.73 Å². The average Bonchev–Trinajstić information content (AvgIpc) is 3.28. The van der Waals surface area contributed by atoms with Crippen LogP contribution in [0.5, 0.6) is 0 Å². The molecule has 0 unspecified atom stereocenters. The largest absolute Gasteiger partial charge is 0.395 e. The van der Waals surface area contributed by atoms with E-state index in [9.17, 15) is 5.11 Å². The highest BCUT2D eigenvalue weighted by Gasteiger charge is 2.31. The molecule has 1 aromatic heterocycles. The quantitative estimate of drug-likeness (QED) is 0.855. The highest BCUT2D eigenvalue weighted by molar-refractivity contribution is 5.93. The lowest BCUT2D eigenvalue weighted by Crippen LogP contribution is -2.30. The van der Waals surface area contributed by atoms with Gasteiger partial charge in [-0.3, -0.25) is 4.98 Å². The van der Waals surface area contributed by atoms with Crippen molar-refractivity contribution in [2.45, 2.75) is 25.4 Å². The van der Waals surface area contributed by atoms with Gasteiger partial charge >= 0.3 is 0 Å². The van der Waals surface area contributed by atoms with Crippen LogP contribution >= 0.6 is 0 Å². The first kappa shape index (κ1) is 12.4. The van der Waals surface area contributed by atoms with Crippen molar-refractivity contribution in [2.75, 3.05) is 18.1 Å². The third-order valence-corrected chi connectivity index (χ3v) is 3.66. The lowest BCUT2D eigenvalue weighted by molar-refractivity contribution is 0.301. The Labute approximate surface area is 112 Å². The van der Waals surface area contributed by atoms with E-state index in [1.807, 2.05) is 24.4 Å². The number of nitrogens with two attached hydrogens (primary N) is 1. The van der Waals surface area contributed by atoms with Crippen LogP contribution in [-0.2, 0) is 6.54 Å². The van der Waals surface area contributed by atoms with Crippen LogP contribution in [0.2, 0.25) is 0 Å². The molecule has 100 valence electrons. The number of aliphatic hydroxyl groups excluding tert-OH is 1. The summed E-state index contributed by atoms with van der Waals surface area (Å²) in [5, 5.41) is 10.5. The van der Waals surface area contributed by atoms with Gasteiger partial charge in [-0.05, 0) is 18.9 Å². The number of nitrogens with zero attached hydrogens (tertiary/aromatic N) is 2. The summed E-state index contributed by atoms with van der Waals surface area (Å²) in [5.74, 6) is 0. The van der Waals surface area contributed by atoms with E-state index in [-0.39, 0.29) is 6.61 Å². The number of hydrogen-bond donors (Lipinski definition) is 2. The summed E-state index contributed by atoms with van der Waals surface area (Å²) in [5.41, 5.74) is 9.06. The Morgan fingerprint density at radius 3 is 2.79 bits per heavy atom. The SMILES string of the molecule is NCc1cnc2ccccc2c1N(CCO)C1CC1. The van der Waals surface area contributed by atoms with Crippen LogP contribution in [0.15, 0.2) is 30.5 Å². The minimum Gasteiger partial charge on any atom is -0.395 e. The van der Waals surface area contributed by atoms with Gasteiger partial charge in [0.1, 0.15) is 0 Å². The second-order valence-electron chi connectivity index (χ2n) is 5.00. The Kier molecular flexibility index (Phi) is 3.36. The molecule has 0 bridgehead atoms. The van der Waals surface area contributed by atoms with Gasteiger partial charge in [-0.15, -0.1) is 0 Å². The molecule has 0 amide bonds. The van der Waals surface area contributed by atoms with Crippen molar-refractivity contribution in [1.82, 2.24) is 4.98 Å². The zero-order chi connectivity index (χ0) is 13.2. The van der Waals surface area contributed by atoms with Crippen molar-refractivity contribution in [3.8, 4) is 0 Å². The third-order valence-electron chi connectivity index (χ3n) is 3.66. The molecule has 0 atom stereocenters. The minimum absolute atomic E-state index is 0.164. The van der Waals surface area contributed by atoms with Gasteiger partial charge in [-0.1, -0.05) is 18.2 Å². The van der Waals surface area contributed by atoms with Gasteiger partial charge in [-0.25, -0.2) is 0 Å². The molecule has 3 rings (SSSR count). The van der Waals surface area contributed by atoms with Gasteiger partial charge in [0.2, 0.25) is 0 Å². The summed E-state index contributed by atoms with van der Waals surface area (Å²) in [7, 11) is 0. The molecule has 1 saturated carbocycles. The molecule has 1 aliphatic rings. The maximum absolute atomic E-state index is 9.32. The molecule has 0 aliphatic heterocycles. The number of aromatic nitrogens is 1. The standard InChI is InChI=1S/C15H19N3O/c16-9-11-10-17-14-4-2-1-3-13(14)15(11)18(7-8-19)12-5-6-12/h1-4,10,12,19H,5-9,16H2. The number of anilines is 1. The average molecular weight is 257 g/mol. The summed E-state index contributed by atoms with van der Waals surface area (Å²) in [6.07, 6.45) is 4.26. The molecule has 0 spiro atoms. The van der Waals surface area contributed by atoms with E-state index in [1.165, 1.54) is 12.8 Å². The molecule has 19 heavy (non-hydrogen) atoms. The highest BCUT2D eigenvalue weighted by atomic mass is 16.3. The zero-order valence-corrected chi connectivity index (χ0v) is 10.9. The first-order valence-corrected chi connectivity index (χ1v) is 6.79. The first-order chi connectivity index (χ1) is 9.35. The van der Waals surface area contributed by atoms with Crippen molar-refractivity contribution in [3.63, 3.8) is 0 Å². The molecule has 1 aromatic carbocycles. The monoisotopic (exact) mass is 257 g/mol. The van der Waals surface area contributed by atoms with E-state index < -0.39 is 0 Å². The van der Waals surface area contributed by atoms with Crippen LogP contribution in [0.3, 0.4) is 0 Å². The van der Waals surface area contributed by atoms with E-state index in [1.54, 1.807) is 0 Å². The number of fused-ring (bicyclic) bond motifs is 1. The second kappa shape index (κ2) is 5.15. The molecular formula is C15H19N3O. The minimum atomic E-state index is 0.164. The number of benzene rings is 1. The third kappa shape index (κ3) is 2.29. The summed E-state index contributed by atoms with van der Waals surface area (Å²) in [6.45, 7) is 1.30. The smallest absolute Gasteiger partial charge is 0.0723 e. The van der Waals surface area contributed by atoms with Crippen LogP contribution in [0.1, 0.15) is 18.4 Å². The fraction of sp³-hybridized carbons (Fsp3) is 0.400. The van der Waals surface area contributed by atoms with Gasteiger partial charge in [0, 0.05) is 36.3 Å². The normalized spacial score (nSPS) is 14.8. The van der Waals surface area contributed by atoms with Crippen molar-refractivity contribution >= 4 is 16.6 Å². The molecule has 1 heterocycles. The van der Waals surface area contributed by atoms with Gasteiger partial charge in [-0.2, -0.15) is 0 Å². The molecule has 4 nitrogen and oxygen atoms in total. The van der Waals surface area contributed by atoms with Crippen LogP contribution in [-0.4, -0.2) is 29.3 Å². The van der Waals surface area contributed by atoms with Gasteiger partial charge in [0.05, 0.1) is 17.8 Å². The Morgan fingerprint density at radius 2 is 2.11 bits per heavy atom. The summed E-state index contributed by atoms with van der Waals surface area (Å²) in [6, 6.07) is 8.67. The van der Waals surface area contributed by atoms with E-state index in [4.69, 9.17) is 5.73 Å². The van der Waals surface area contributed by atoms with Gasteiger partial charge in [0.15, 0.2) is 0 Å². The number of aliphatic hydroxyl groups is 1. The molecule has 1 aliphatic carbocycles. The topological polar surface area (TPSA) is 62.4 Å². The van der Waals surface area contributed by atoms with E-state index in [2.05, 4.69) is 16.0 Å². The molecule has 2 aromatic rings. The highest BCUT2D eigenvalue weighted by Crippen LogP contribution is 2.37. The summed E-state index contributed by atoms with van der Waals surface area (Å²) in [4.78, 5) is 6.76. The Bertz CT molecular complexity index is 581. The van der Waals surface area contributed by atoms with Crippen LogP contribution in [0.4, 0.5) is 5.69 Å². The van der Waals surface area contributed by atoms with E-state index in [0.29, 0.717) is 19.1 Å². The van der Waals surface area contributed by atoms with Gasteiger partial charge in [0.25, 0.3) is 0 Å². The van der Waals surface area contributed by atoms with Gasteiger partial charge < -0.3 is 15.7 Å². The molecule has 4 heteroatoms. The Morgan fingerprint density at radius 1 is 1.32 bits per heavy atom. The zero-order valence-electron chi connectivity index (χ0n) is 10.9. The first-order valence-electron chi connectivity index (χ1n) is 6.79. The summed E-state index contributed by atoms with van der Waals surface area (Å²) >= 11 is 0. The Balaban J connectivity index is 2.17. The maximum atomic E-state index is 9.32. The lowest BCUT2D eigenvalue weighted by Gasteiger charge is -2.27. The van der Waals surface area contributed by atoms with Crippen molar-refractivity contribution < 1.29 is 5.11 Å². The van der Waals surface area contributed by atoms with E-state index in [0.717, 1.165) is 22.2 Å². The molecule has 1 fully saturated rings. The predicted octanol–water partition coefficient (Wildman–Crippen LogP) is 1.65. The number of para-hydroxylation sites is 1. The number of hydrogen-bond acceptors (Lipinski definition) is 4. The molecule has 0 saturated heterocycles. The fourth-order valence-corrected chi connectivity index (χ4v) is 2.63. The van der Waals surface area contributed by atoms with Crippen molar-refractivity contribution in [3.05, 3.63) is 36.0 Å². The molecular weight excluding hydrogens is 238 g/mol. The molecule has 0 radical (unpaired) electrons. The van der Waals surface area contributed by atoms with Crippen LogP contribution in [0.25, 0.3) is 10.9 Å². The van der Waals surface area contributed by atoms with Crippen LogP contribution in [0, 0.1) is 0 Å². The Hall–Kier alpha value is -1.65. The van der Waals surface area contributed by atoms with E-state index >= 15 is 0 Å². The summed E-state index contributed by atoms with van der Waals surface area (Å²) < 4.78 is 0. The van der Waals surface area contributed by atoms with Crippen LogP contribution < -0.4 is 10.6 Å². The fourth-order valence-electron chi connectivity index (χ4n) is 2.63. The molecule has 3 N–H and O–H groups in total. The second-order valence-corrected chi connectivity index (χ2v) is 5.00. The van der Waals surface area contributed by atoms with Crippen molar-refractivity contribution in [1.29, 1.82) is 0 Å². The maximum Gasteiger partial charge on any atom is 0.0723 e. The number of rotatable bonds is 5. The lowest BCUT2D eigenvalue weighted by atomic mass is 10.1. The number of pyridine rings is 1. The predicted molar refractivity (Wildman–Crippen MR) is 77.1 cm³/mol.